The Kier molecular flexibility index (Phi) is 6.12. The molecule has 30 heavy (non-hydrogen) atoms. The number of amides is 3. The number of hydrogen-bond donors (Lipinski definition) is 1. The lowest BCUT2D eigenvalue weighted by Gasteiger charge is -2.22. The van der Waals surface area contributed by atoms with Crippen molar-refractivity contribution in [2.75, 3.05) is 31.1 Å². The van der Waals surface area contributed by atoms with Gasteiger partial charge in [-0.05, 0) is 49.1 Å². The summed E-state index contributed by atoms with van der Waals surface area (Å²) >= 11 is 0. The second kappa shape index (κ2) is 9.11. The number of carbonyl (C=O) groups excluding carboxylic acids is 3. The number of imide groups is 1. The maximum Gasteiger partial charge on any atom is 0.262 e. The molecule has 0 unspecified atom stereocenters. The van der Waals surface area contributed by atoms with Crippen molar-refractivity contribution in [2.24, 2.45) is 0 Å². The number of hydrogen-bond acceptors (Lipinski definition) is 4. The average molecular weight is 405 g/mol. The van der Waals surface area contributed by atoms with E-state index in [0.717, 1.165) is 23.6 Å². The Morgan fingerprint density at radius 3 is 2.03 bits per heavy atom. The van der Waals surface area contributed by atoms with Gasteiger partial charge in [-0.15, -0.1) is 0 Å². The van der Waals surface area contributed by atoms with Crippen molar-refractivity contribution in [1.82, 2.24) is 10.2 Å². The molecule has 2 heterocycles. The Morgan fingerprint density at radius 1 is 0.833 bits per heavy atom. The molecule has 6 nitrogen and oxygen atoms in total. The molecule has 2 aromatic rings. The molecule has 0 saturated carbocycles. The van der Waals surface area contributed by atoms with Gasteiger partial charge < -0.3 is 10.2 Å². The molecule has 0 bridgehead atoms. The topological polar surface area (TPSA) is 69.7 Å². The van der Waals surface area contributed by atoms with Crippen LogP contribution < -0.4 is 10.2 Å². The molecular weight excluding hydrogens is 378 g/mol. The predicted molar refractivity (Wildman–Crippen MR) is 116 cm³/mol. The van der Waals surface area contributed by atoms with Crippen LogP contribution in [0.3, 0.4) is 0 Å². The Morgan fingerprint density at radius 2 is 1.43 bits per heavy atom. The summed E-state index contributed by atoms with van der Waals surface area (Å²) in [5.74, 6) is -1.14. The van der Waals surface area contributed by atoms with E-state index in [0.29, 0.717) is 24.1 Å². The van der Waals surface area contributed by atoms with Gasteiger partial charge in [-0.2, -0.15) is 0 Å². The molecule has 6 heteroatoms. The maximum atomic E-state index is 12.3. The number of nitrogens with one attached hydrogen (secondary N) is 1. The zero-order chi connectivity index (χ0) is 20.9. The van der Waals surface area contributed by atoms with E-state index in [2.05, 4.69) is 34.5 Å². The van der Waals surface area contributed by atoms with Crippen molar-refractivity contribution >= 4 is 23.4 Å². The van der Waals surface area contributed by atoms with Crippen LogP contribution in [0.5, 0.6) is 0 Å². The monoisotopic (exact) mass is 405 g/mol. The first-order valence-electron chi connectivity index (χ1n) is 10.7. The largest absolute Gasteiger partial charge is 0.372 e. The highest BCUT2D eigenvalue weighted by atomic mass is 16.2. The summed E-state index contributed by atoms with van der Waals surface area (Å²) in [4.78, 5) is 40.4. The molecular formula is C24H27N3O3. The van der Waals surface area contributed by atoms with Gasteiger partial charge in [0.25, 0.3) is 11.8 Å². The van der Waals surface area contributed by atoms with Gasteiger partial charge in [-0.1, -0.05) is 37.1 Å². The van der Waals surface area contributed by atoms with Crippen LogP contribution in [0.15, 0.2) is 48.5 Å². The Hall–Kier alpha value is -3.15. The molecule has 2 aromatic carbocycles. The molecule has 0 aliphatic carbocycles. The second-order valence-corrected chi connectivity index (χ2v) is 7.91. The summed E-state index contributed by atoms with van der Waals surface area (Å²) in [6.45, 7) is 2.45. The lowest BCUT2D eigenvalue weighted by molar-refractivity contribution is -0.121. The van der Waals surface area contributed by atoms with Gasteiger partial charge in [-0.3, -0.25) is 19.3 Å². The number of anilines is 1. The Balaban J connectivity index is 1.25. The second-order valence-electron chi connectivity index (χ2n) is 7.91. The lowest BCUT2D eigenvalue weighted by Crippen LogP contribution is -2.40. The van der Waals surface area contributed by atoms with Crippen molar-refractivity contribution in [3.8, 4) is 0 Å². The first-order valence-corrected chi connectivity index (χ1v) is 10.7. The van der Waals surface area contributed by atoms with Gasteiger partial charge in [0, 0.05) is 25.3 Å². The van der Waals surface area contributed by atoms with E-state index in [4.69, 9.17) is 0 Å². The minimum absolute atomic E-state index is 0.250. The van der Waals surface area contributed by atoms with Gasteiger partial charge >= 0.3 is 0 Å². The summed E-state index contributed by atoms with van der Waals surface area (Å²) in [5.41, 5.74) is 3.13. The zero-order valence-corrected chi connectivity index (χ0v) is 17.1. The highest BCUT2D eigenvalue weighted by molar-refractivity contribution is 6.22. The summed E-state index contributed by atoms with van der Waals surface area (Å²) in [5, 5.41) is 2.82. The number of benzene rings is 2. The molecule has 0 atom stereocenters. The molecule has 4 rings (SSSR count). The van der Waals surface area contributed by atoms with Crippen LogP contribution in [-0.2, 0) is 11.2 Å². The minimum Gasteiger partial charge on any atom is -0.372 e. The normalized spacial score (nSPS) is 16.4. The molecule has 0 spiro atoms. The lowest BCUT2D eigenvalue weighted by atomic mass is 10.1. The van der Waals surface area contributed by atoms with E-state index < -0.39 is 11.8 Å². The van der Waals surface area contributed by atoms with Crippen molar-refractivity contribution in [3.05, 3.63) is 65.2 Å². The molecule has 156 valence electrons. The van der Waals surface area contributed by atoms with E-state index in [1.807, 2.05) is 0 Å². The minimum atomic E-state index is -0.408. The molecule has 2 aliphatic heterocycles. The molecule has 0 radical (unpaired) electrons. The van der Waals surface area contributed by atoms with Crippen LogP contribution in [0.25, 0.3) is 0 Å². The van der Waals surface area contributed by atoms with E-state index in [1.54, 1.807) is 24.3 Å². The number of fused-ring (bicyclic) bond motifs is 1. The fraction of sp³-hybridized carbons (Fsp3) is 0.375. The van der Waals surface area contributed by atoms with E-state index in [1.165, 1.54) is 31.4 Å². The van der Waals surface area contributed by atoms with Gasteiger partial charge in [0.05, 0.1) is 11.1 Å². The van der Waals surface area contributed by atoms with Crippen molar-refractivity contribution in [1.29, 1.82) is 0 Å². The summed E-state index contributed by atoms with van der Waals surface area (Å²) < 4.78 is 0. The van der Waals surface area contributed by atoms with Crippen LogP contribution in [0.1, 0.15) is 52.0 Å². The SMILES string of the molecule is O=C(CN1C(=O)c2ccccc2C1=O)NCCc1ccc(N2CCCCCC2)cc1. The van der Waals surface area contributed by atoms with Gasteiger partial charge in [0.2, 0.25) is 5.91 Å². The molecule has 0 aromatic heterocycles. The Labute approximate surface area is 176 Å². The molecule has 1 saturated heterocycles. The number of rotatable bonds is 6. The smallest absolute Gasteiger partial charge is 0.262 e. The van der Waals surface area contributed by atoms with E-state index in [9.17, 15) is 14.4 Å². The summed E-state index contributed by atoms with van der Waals surface area (Å²) in [6.07, 6.45) is 5.83. The van der Waals surface area contributed by atoms with E-state index in [-0.39, 0.29) is 12.5 Å². The standard InChI is InChI=1S/C24H27N3O3/c28-22(17-27-23(29)20-7-3-4-8-21(20)24(27)30)25-14-13-18-9-11-19(12-10-18)26-15-5-1-2-6-16-26/h3-4,7-12H,1-2,5-6,13-17H2,(H,25,28). The fourth-order valence-electron chi connectivity index (χ4n) is 4.13. The van der Waals surface area contributed by atoms with Gasteiger partial charge in [0.15, 0.2) is 0 Å². The van der Waals surface area contributed by atoms with Crippen molar-refractivity contribution in [3.63, 3.8) is 0 Å². The van der Waals surface area contributed by atoms with Crippen LogP contribution in [0.2, 0.25) is 0 Å². The predicted octanol–water partition coefficient (Wildman–Crippen LogP) is 3.02. The fourth-order valence-corrected chi connectivity index (χ4v) is 4.13. The molecule has 2 aliphatic rings. The van der Waals surface area contributed by atoms with Gasteiger partial charge in [-0.25, -0.2) is 0 Å². The third-order valence-corrected chi connectivity index (χ3v) is 5.82. The van der Waals surface area contributed by atoms with Crippen molar-refractivity contribution in [2.45, 2.75) is 32.1 Å². The first kappa shape index (κ1) is 20.1. The average Bonchev–Trinajstić information content (AvgIpc) is 2.96. The van der Waals surface area contributed by atoms with Crippen LogP contribution in [-0.4, -0.2) is 48.8 Å². The molecule has 1 N–H and O–H groups in total. The highest BCUT2D eigenvalue weighted by Gasteiger charge is 2.36. The quantitative estimate of drug-likeness (QED) is 0.750. The number of carbonyl (C=O) groups is 3. The van der Waals surface area contributed by atoms with E-state index >= 15 is 0 Å². The first-order chi connectivity index (χ1) is 14.6. The van der Waals surface area contributed by atoms with Crippen molar-refractivity contribution < 1.29 is 14.4 Å². The third kappa shape index (κ3) is 4.37. The summed E-state index contributed by atoms with van der Waals surface area (Å²) in [7, 11) is 0. The highest BCUT2D eigenvalue weighted by Crippen LogP contribution is 2.22. The molecule has 1 fully saturated rings. The van der Waals surface area contributed by atoms with Crippen LogP contribution >= 0.6 is 0 Å². The van der Waals surface area contributed by atoms with Crippen LogP contribution in [0, 0.1) is 0 Å². The van der Waals surface area contributed by atoms with Gasteiger partial charge in [0.1, 0.15) is 6.54 Å². The summed E-state index contributed by atoms with van der Waals surface area (Å²) in [6, 6.07) is 15.2. The third-order valence-electron chi connectivity index (χ3n) is 5.82. The zero-order valence-electron chi connectivity index (χ0n) is 17.1. The Bertz CT molecular complexity index is 896. The molecule has 3 amide bonds. The van der Waals surface area contributed by atoms with Crippen LogP contribution in [0.4, 0.5) is 5.69 Å². The number of nitrogens with zero attached hydrogens (tertiary/aromatic N) is 2. The maximum absolute atomic E-state index is 12.3.